The first-order valence-corrected chi connectivity index (χ1v) is 7.73. The number of Topliss-reactive ketones (excluding diaryl/α,β-unsaturated/α-hetero) is 1. The Labute approximate surface area is 144 Å². The van der Waals surface area contributed by atoms with Crippen molar-refractivity contribution in [3.8, 4) is 16.9 Å². The monoisotopic (exact) mass is 351 g/mol. The average molecular weight is 351 g/mol. The lowest BCUT2D eigenvalue weighted by molar-refractivity contribution is -0.141. The van der Waals surface area contributed by atoms with Crippen molar-refractivity contribution < 1.29 is 22.7 Å². The molecule has 0 unspecified atom stereocenters. The molecule has 0 atom stereocenters. The first kappa shape index (κ1) is 19.0. The summed E-state index contributed by atoms with van der Waals surface area (Å²) >= 11 is 0. The molecule has 0 aliphatic heterocycles. The molecule has 134 valence electrons. The summed E-state index contributed by atoms with van der Waals surface area (Å²) in [6.07, 6.45) is -4.57. The van der Waals surface area contributed by atoms with Gasteiger partial charge in [0.25, 0.3) is 0 Å². The van der Waals surface area contributed by atoms with Gasteiger partial charge in [0.1, 0.15) is 11.4 Å². The predicted octanol–water partition coefficient (Wildman–Crippen LogP) is 5.28. The van der Waals surface area contributed by atoms with Gasteiger partial charge in [-0.05, 0) is 18.6 Å². The molecule has 2 rings (SSSR count). The van der Waals surface area contributed by atoms with Gasteiger partial charge in [0.05, 0.1) is 12.8 Å². The van der Waals surface area contributed by atoms with Crippen LogP contribution in [0.5, 0.6) is 5.75 Å². The normalized spacial score (nSPS) is 12.2. The standard InChI is InChI=1S/C19H20F3NO2/c1-11(24)12-6-8-13(9-7-12)14-10-15(19(20,21)22)23-17(16(14)25-5)18(2,3)4/h6-10H,1-5H3. The van der Waals surface area contributed by atoms with E-state index in [4.69, 9.17) is 4.74 Å². The molecule has 3 nitrogen and oxygen atoms in total. The number of aromatic nitrogens is 1. The van der Waals surface area contributed by atoms with Crippen LogP contribution in [0, 0.1) is 0 Å². The summed E-state index contributed by atoms with van der Waals surface area (Å²) in [5, 5.41) is 0. The summed E-state index contributed by atoms with van der Waals surface area (Å²) in [6.45, 7) is 6.77. The highest BCUT2D eigenvalue weighted by Crippen LogP contribution is 2.41. The second kappa shape index (κ2) is 6.50. The van der Waals surface area contributed by atoms with Crippen LogP contribution in [0.2, 0.25) is 0 Å². The van der Waals surface area contributed by atoms with Gasteiger partial charge in [-0.15, -0.1) is 0 Å². The van der Waals surface area contributed by atoms with Crippen LogP contribution < -0.4 is 4.74 Å². The quantitative estimate of drug-likeness (QED) is 0.707. The zero-order valence-electron chi connectivity index (χ0n) is 14.8. The van der Waals surface area contributed by atoms with Crippen molar-refractivity contribution in [2.45, 2.75) is 39.3 Å². The van der Waals surface area contributed by atoms with E-state index in [0.717, 1.165) is 6.07 Å². The van der Waals surface area contributed by atoms with Crippen molar-refractivity contribution in [1.29, 1.82) is 0 Å². The summed E-state index contributed by atoms with van der Waals surface area (Å²) in [5.74, 6) is 0.190. The van der Waals surface area contributed by atoms with E-state index in [1.165, 1.54) is 14.0 Å². The highest BCUT2D eigenvalue weighted by Gasteiger charge is 2.36. The molecule has 0 spiro atoms. The zero-order chi connectivity index (χ0) is 19.0. The number of benzene rings is 1. The van der Waals surface area contributed by atoms with E-state index in [9.17, 15) is 18.0 Å². The zero-order valence-corrected chi connectivity index (χ0v) is 14.8. The fourth-order valence-corrected chi connectivity index (χ4v) is 2.49. The Hall–Kier alpha value is -2.37. The minimum absolute atomic E-state index is 0.111. The van der Waals surface area contributed by atoms with E-state index in [1.807, 2.05) is 0 Å². The molecule has 0 saturated heterocycles. The molecular formula is C19H20F3NO2. The number of ether oxygens (including phenoxy) is 1. The average Bonchev–Trinajstić information content (AvgIpc) is 2.51. The molecule has 1 aromatic carbocycles. The molecule has 25 heavy (non-hydrogen) atoms. The maximum absolute atomic E-state index is 13.3. The lowest BCUT2D eigenvalue weighted by atomic mass is 9.88. The molecule has 0 aliphatic carbocycles. The number of ketones is 1. The van der Waals surface area contributed by atoms with Crippen molar-refractivity contribution in [1.82, 2.24) is 4.98 Å². The van der Waals surface area contributed by atoms with Gasteiger partial charge in [-0.3, -0.25) is 4.79 Å². The SMILES string of the molecule is COc1c(-c2ccc(C(C)=O)cc2)cc(C(F)(F)F)nc1C(C)(C)C. The lowest BCUT2D eigenvalue weighted by Gasteiger charge is -2.24. The fourth-order valence-electron chi connectivity index (χ4n) is 2.49. The Morgan fingerprint density at radius 2 is 1.64 bits per heavy atom. The number of carbonyl (C=O) groups is 1. The Morgan fingerprint density at radius 1 is 1.08 bits per heavy atom. The number of pyridine rings is 1. The molecule has 0 fully saturated rings. The lowest BCUT2D eigenvalue weighted by Crippen LogP contribution is -2.19. The second-order valence-electron chi connectivity index (χ2n) is 6.82. The van der Waals surface area contributed by atoms with E-state index in [1.54, 1.807) is 45.0 Å². The Kier molecular flexibility index (Phi) is 4.93. The van der Waals surface area contributed by atoms with Gasteiger partial charge in [-0.2, -0.15) is 13.2 Å². The first-order valence-electron chi connectivity index (χ1n) is 7.73. The third kappa shape index (κ3) is 4.00. The number of hydrogen-bond donors (Lipinski definition) is 0. The minimum atomic E-state index is -4.57. The highest BCUT2D eigenvalue weighted by atomic mass is 19.4. The summed E-state index contributed by atoms with van der Waals surface area (Å²) < 4.78 is 45.3. The number of alkyl halides is 3. The van der Waals surface area contributed by atoms with Crippen LogP contribution in [0.25, 0.3) is 11.1 Å². The van der Waals surface area contributed by atoms with Crippen molar-refractivity contribution in [2.24, 2.45) is 0 Å². The van der Waals surface area contributed by atoms with E-state index in [2.05, 4.69) is 4.98 Å². The van der Waals surface area contributed by atoms with Gasteiger partial charge >= 0.3 is 6.18 Å². The molecule has 1 heterocycles. The smallest absolute Gasteiger partial charge is 0.433 e. The molecule has 0 bridgehead atoms. The molecule has 2 aromatic rings. The van der Waals surface area contributed by atoms with Crippen molar-refractivity contribution in [2.75, 3.05) is 7.11 Å². The van der Waals surface area contributed by atoms with Crippen molar-refractivity contribution in [3.05, 3.63) is 47.3 Å². The molecule has 6 heteroatoms. The van der Waals surface area contributed by atoms with Crippen LogP contribution in [-0.2, 0) is 11.6 Å². The molecular weight excluding hydrogens is 331 g/mol. The van der Waals surface area contributed by atoms with Gasteiger partial charge < -0.3 is 4.74 Å². The van der Waals surface area contributed by atoms with Gasteiger partial charge in [0, 0.05) is 16.5 Å². The van der Waals surface area contributed by atoms with Crippen LogP contribution in [0.1, 0.15) is 49.4 Å². The Bertz CT molecular complexity index is 788. The number of methoxy groups -OCH3 is 1. The fraction of sp³-hybridized carbons (Fsp3) is 0.368. The second-order valence-corrected chi connectivity index (χ2v) is 6.82. The van der Waals surface area contributed by atoms with Crippen molar-refractivity contribution in [3.63, 3.8) is 0 Å². The van der Waals surface area contributed by atoms with Crippen molar-refractivity contribution >= 4 is 5.78 Å². The third-order valence-corrected chi connectivity index (χ3v) is 3.78. The molecule has 1 aromatic heterocycles. The van der Waals surface area contributed by atoms with Crippen LogP contribution in [0.4, 0.5) is 13.2 Å². The molecule has 0 saturated carbocycles. The van der Waals surface area contributed by atoms with E-state index in [-0.39, 0.29) is 11.5 Å². The van der Waals surface area contributed by atoms with E-state index >= 15 is 0 Å². The first-order chi connectivity index (χ1) is 11.4. The number of carbonyl (C=O) groups excluding carboxylic acids is 1. The largest absolute Gasteiger partial charge is 0.494 e. The summed E-state index contributed by atoms with van der Waals surface area (Å²) in [4.78, 5) is 15.2. The summed E-state index contributed by atoms with van der Waals surface area (Å²) in [5.41, 5.74) is -0.0611. The molecule has 0 radical (unpaired) electrons. The Morgan fingerprint density at radius 3 is 2.04 bits per heavy atom. The predicted molar refractivity (Wildman–Crippen MR) is 89.9 cm³/mol. The van der Waals surface area contributed by atoms with Crippen LogP contribution in [0.15, 0.2) is 30.3 Å². The molecule has 0 N–H and O–H groups in total. The van der Waals surface area contributed by atoms with Gasteiger partial charge in [-0.25, -0.2) is 4.98 Å². The summed E-state index contributed by atoms with van der Waals surface area (Å²) in [6, 6.07) is 7.38. The van der Waals surface area contributed by atoms with Crippen LogP contribution in [-0.4, -0.2) is 17.9 Å². The van der Waals surface area contributed by atoms with Gasteiger partial charge in [-0.1, -0.05) is 45.0 Å². The maximum Gasteiger partial charge on any atom is 0.433 e. The molecule has 0 amide bonds. The Balaban J connectivity index is 2.76. The minimum Gasteiger partial charge on any atom is -0.494 e. The van der Waals surface area contributed by atoms with E-state index < -0.39 is 17.3 Å². The van der Waals surface area contributed by atoms with Gasteiger partial charge in [0.15, 0.2) is 5.78 Å². The van der Waals surface area contributed by atoms with Crippen LogP contribution >= 0.6 is 0 Å². The number of rotatable bonds is 3. The number of nitrogens with zero attached hydrogens (tertiary/aromatic N) is 1. The van der Waals surface area contributed by atoms with E-state index in [0.29, 0.717) is 22.4 Å². The highest BCUT2D eigenvalue weighted by molar-refractivity contribution is 5.94. The maximum atomic E-state index is 13.3. The molecule has 0 aliphatic rings. The topological polar surface area (TPSA) is 39.2 Å². The number of halogens is 3. The summed E-state index contributed by atoms with van der Waals surface area (Å²) in [7, 11) is 1.41. The van der Waals surface area contributed by atoms with Gasteiger partial charge in [0.2, 0.25) is 0 Å². The third-order valence-electron chi connectivity index (χ3n) is 3.78. The van der Waals surface area contributed by atoms with Crippen LogP contribution in [0.3, 0.4) is 0 Å². The number of hydrogen-bond acceptors (Lipinski definition) is 3.